The number of nitro groups is 1. The first kappa shape index (κ1) is 11.2. The minimum atomic E-state index is -0.418. The van der Waals surface area contributed by atoms with Crippen LogP contribution in [-0.2, 0) is 0 Å². The molecule has 3 N–H and O–H groups in total. The average Bonchev–Trinajstić information content (AvgIpc) is 2.18. The summed E-state index contributed by atoms with van der Waals surface area (Å²) in [6.45, 7) is 0.659. The Labute approximate surface area is 87.7 Å². The molecule has 0 amide bonds. The summed E-state index contributed by atoms with van der Waals surface area (Å²) >= 11 is 0. The van der Waals surface area contributed by atoms with Gasteiger partial charge in [0.05, 0.1) is 10.5 Å². The van der Waals surface area contributed by atoms with Crippen LogP contribution in [0.25, 0.3) is 6.08 Å². The molecule has 1 rings (SSSR count). The molecule has 0 atom stereocenters. The van der Waals surface area contributed by atoms with E-state index in [1.54, 1.807) is 19.2 Å². The van der Waals surface area contributed by atoms with Gasteiger partial charge in [-0.1, -0.05) is 12.2 Å². The molecule has 0 unspecified atom stereocenters. The van der Waals surface area contributed by atoms with Gasteiger partial charge < -0.3 is 11.1 Å². The lowest BCUT2D eigenvalue weighted by Crippen LogP contribution is -2.03. The van der Waals surface area contributed by atoms with Crippen LogP contribution in [0, 0.1) is 10.1 Å². The summed E-state index contributed by atoms with van der Waals surface area (Å²) in [7, 11) is 1.80. The molecule has 80 valence electrons. The number of rotatable bonds is 4. The number of hydrogen-bond donors (Lipinski definition) is 2. The number of nitrogens with two attached hydrogens (primary N) is 1. The molecular weight excluding hydrogens is 194 g/mol. The Balaban J connectivity index is 3.02. The molecule has 0 spiro atoms. The topological polar surface area (TPSA) is 81.2 Å². The van der Waals surface area contributed by atoms with Crippen LogP contribution in [0.1, 0.15) is 5.56 Å². The second kappa shape index (κ2) is 5.11. The minimum Gasteiger partial charge on any atom is -0.399 e. The van der Waals surface area contributed by atoms with Gasteiger partial charge in [-0.25, -0.2) is 0 Å². The van der Waals surface area contributed by atoms with Crippen LogP contribution < -0.4 is 11.1 Å². The standard InChI is InChI=1S/C10H13N3O2/c1-12-6-2-3-8-7-9(11)4-5-10(8)13(14)15/h2-5,7,12H,6,11H2,1H3. The van der Waals surface area contributed by atoms with Crippen molar-refractivity contribution in [2.24, 2.45) is 0 Å². The number of hydrogen-bond acceptors (Lipinski definition) is 4. The number of nitrogen functional groups attached to an aromatic ring is 1. The maximum atomic E-state index is 10.7. The highest BCUT2D eigenvalue weighted by molar-refractivity contribution is 5.65. The maximum Gasteiger partial charge on any atom is 0.276 e. The van der Waals surface area contributed by atoms with Gasteiger partial charge in [0.2, 0.25) is 0 Å². The molecule has 1 aromatic carbocycles. The fourth-order valence-electron chi connectivity index (χ4n) is 1.18. The zero-order valence-electron chi connectivity index (χ0n) is 8.43. The zero-order chi connectivity index (χ0) is 11.3. The van der Waals surface area contributed by atoms with Gasteiger partial charge in [0, 0.05) is 18.3 Å². The van der Waals surface area contributed by atoms with Gasteiger partial charge in [0.15, 0.2) is 0 Å². The SMILES string of the molecule is CNCC=Cc1cc(N)ccc1[N+](=O)[O-]. The van der Waals surface area contributed by atoms with E-state index in [0.29, 0.717) is 17.8 Å². The number of benzene rings is 1. The van der Waals surface area contributed by atoms with Gasteiger partial charge in [0.25, 0.3) is 5.69 Å². The number of nitrogens with zero attached hydrogens (tertiary/aromatic N) is 1. The maximum absolute atomic E-state index is 10.7. The Bertz CT molecular complexity index is 388. The van der Waals surface area contributed by atoms with Crippen LogP contribution in [-0.4, -0.2) is 18.5 Å². The highest BCUT2D eigenvalue weighted by atomic mass is 16.6. The number of anilines is 1. The summed E-state index contributed by atoms with van der Waals surface area (Å²) in [6, 6.07) is 4.52. The highest BCUT2D eigenvalue weighted by Gasteiger charge is 2.10. The van der Waals surface area contributed by atoms with Crippen molar-refractivity contribution in [2.75, 3.05) is 19.3 Å². The largest absolute Gasteiger partial charge is 0.399 e. The lowest BCUT2D eigenvalue weighted by atomic mass is 10.1. The van der Waals surface area contributed by atoms with Gasteiger partial charge in [-0.05, 0) is 19.2 Å². The summed E-state index contributed by atoms with van der Waals surface area (Å²) in [4.78, 5) is 10.3. The molecule has 0 radical (unpaired) electrons. The summed E-state index contributed by atoms with van der Waals surface area (Å²) < 4.78 is 0. The van der Waals surface area contributed by atoms with Crippen molar-refractivity contribution in [3.05, 3.63) is 40.0 Å². The van der Waals surface area contributed by atoms with E-state index in [9.17, 15) is 10.1 Å². The Morgan fingerprint density at radius 3 is 2.93 bits per heavy atom. The fourth-order valence-corrected chi connectivity index (χ4v) is 1.18. The summed E-state index contributed by atoms with van der Waals surface area (Å²) in [5.74, 6) is 0. The molecule has 0 aromatic heterocycles. The lowest BCUT2D eigenvalue weighted by Gasteiger charge is -1.99. The monoisotopic (exact) mass is 207 g/mol. The predicted octanol–water partition coefficient (Wildman–Crippen LogP) is 1.41. The molecular formula is C10H13N3O2. The second-order valence-corrected chi connectivity index (χ2v) is 3.04. The Kier molecular flexibility index (Phi) is 3.82. The smallest absolute Gasteiger partial charge is 0.276 e. The first-order chi connectivity index (χ1) is 7.15. The normalized spacial score (nSPS) is 10.7. The molecule has 0 aliphatic rings. The van der Waals surface area contributed by atoms with E-state index in [4.69, 9.17) is 5.73 Å². The second-order valence-electron chi connectivity index (χ2n) is 3.04. The van der Waals surface area contributed by atoms with Gasteiger partial charge >= 0.3 is 0 Å². The third-order valence-electron chi connectivity index (χ3n) is 1.87. The Morgan fingerprint density at radius 1 is 1.60 bits per heavy atom. The van der Waals surface area contributed by atoms with E-state index in [1.165, 1.54) is 12.1 Å². The molecule has 0 aliphatic heterocycles. The molecule has 0 fully saturated rings. The molecule has 1 aromatic rings. The van der Waals surface area contributed by atoms with Crippen molar-refractivity contribution in [3.63, 3.8) is 0 Å². The summed E-state index contributed by atoms with van der Waals surface area (Å²) in [6.07, 6.45) is 3.49. The minimum absolute atomic E-state index is 0.0663. The molecule has 0 aliphatic carbocycles. The molecule has 0 bridgehead atoms. The molecule has 0 heterocycles. The Hall–Kier alpha value is -1.88. The van der Waals surface area contributed by atoms with Crippen LogP contribution in [0.4, 0.5) is 11.4 Å². The number of nitrogens with one attached hydrogen (secondary N) is 1. The first-order valence-electron chi connectivity index (χ1n) is 4.50. The van der Waals surface area contributed by atoms with E-state index < -0.39 is 4.92 Å². The molecule has 15 heavy (non-hydrogen) atoms. The third kappa shape index (κ3) is 3.07. The van der Waals surface area contributed by atoms with E-state index in [2.05, 4.69) is 5.32 Å². The van der Waals surface area contributed by atoms with Crippen LogP contribution in [0.3, 0.4) is 0 Å². The summed E-state index contributed by atoms with van der Waals surface area (Å²) in [5, 5.41) is 13.6. The molecule has 0 saturated carbocycles. The summed E-state index contributed by atoms with van der Waals surface area (Å²) in [5.41, 5.74) is 6.67. The highest BCUT2D eigenvalue weighted by Crippen LogP contribution is 2.22. The Morgan fingerprint density at radius 2 is 2.33 bits per heavy atom. The van der Waals surface area contributed by atoms with Crippen LogP contribution in [0.5, 0.6) is 0 Å². The van der Waals surface area contributed by atoms with Crippen molar-refractivity contribution >= 4 is 17.5 Å². The fraction of sp³-hybridized carbons (Fsp3) is 0.200. The van der Waals surface area contributed by atoms with Crippen LogP contribution >= 0.6 is 0 Å². The number of likely N-dealkylation sites (N-methyl/N-ethyl adjacent to an activating group) is 1. The van der Waals surface area contributed by atoms with Crippen LogP contribution in [0.2, 0.25) is 0 Å². The third-order valence-corrected chi connectivity index (χ3v) is 1.87. The van der Waals surface area contributed by atoms with Crippen molar-refractivity contribution < 1.29 is 4.92 Å². The van der Waals surface area contributed by atoms with Gasteiger partial charge in [0.1, 0.15) is 0 Å². The van der Waals surface area contributed by atoms with E-state index in [0.717, 1.165) is 0 Å². The predicted molar refractivity (Wildman–Crippen MR) is 60.5 cm³/mol. The van der Waals surface area contributed by atoms with Gasteiger partial charge in [-0.2, -0.15) is 0 Å². The lowest BCUT2D eigenvalue weighted by molar-refractivity contribution is -0.385. The van der Waals surface area contributed by atoms with E-state index in [1.807, 2.05) is 6.08 Å². The average molecular weight is 207 g/mol. The first-order valence-corrected chi connectivity index (χ1v) is 4.50. The van der Waals surface area contributed by atoms with Crippen molar-refractivity contribution in [2.45, 2.75) is 0 Å². The molecule has 0 saturated heterocycles. The van der Waals surface area contributed by atoms with E-state index >= 15 is 0 Å². The van der Waals surface area contributed by atoms with Crippen LogP contribution in [0.15, 0.2) is 24.3 Å². The van der Waals surface area contributed by atoms with Gasteiger partial charge in [-0.3, -0.25) is 10.1 Å². The van der Waals surface area contributed by atoms with Crippen molar-refractivity contribution in [3.8, 4) is 0 Å². The van der Waals surface area contributed by atoms with E-state index in [-0.39, 0.29) is 5.69 Å². The van der Waals surface area contributed by atoms with Crippen molar-refractivity contribution in [1.29, 1.82) is 0 Å². The van der Waals surface area contributed by atoms with Crippen molar-refractivity contribution in [1.82, 2.24) is 5.32 Å². The van der Waals surface area contributed by atoms with Gasteiger partial charge in [-0.15, -0.1) is 0 Å². The quantitative estimate of drug-likeness (QED) is 0.444. The number of nitro benzene ring substituents is 1. The molecule has 5 nitrogen and oxygen atoms in total. The molecule has 5 heteroatoms. The zero-order valence-corrected chi connectivity index (χ0v) is 8.43.